The normalized spacial score (nSPS) is 19.8. The summed E-state index contributed by atoms with van der Waals surface area (Å²) in [5.41, 5.74) is 0. The summed E-state index contributed by atoms with van der Waals surface area (Å²) in [5, 5.41) is 8.11. The van der Waals surface area contributed by atoms with Crippen LogP contribution in [-0.2, 0) is 14.8 Å². The number of hydrogen-bond acceptors (Lipinski definition) is 3. The lowest BCUT2D eigenvalue weighted by Crippen LogP contribution is -2.36. The standard InChI is InChI=1S/C7H13NO4S/c1-5(4-7(9)10)8-13(11,12)6-2-3-6/h5-6,8H,2-4H2,1H3,(H,9,10). The molecule has 1 fully saturated rings. The summed E-state index contributed by atoms with van der Waals surface area (Å²) in [7, 11) is -3.25. The van der Waals surface area contributed by atoms with Gasteiger partial charge in [-0.2, -0.15) is 0 Å². The largest absolute Gasteiger partial charge is 0.481 e. The lowest BCUT2D eigenvalue weighted by atomic mass is 10.3. The highest BCUT2D eigenvalue weighted by Crippen LogP contribution is 2.27. The van der Waals surface area contributed by atoms with Gasteiger partial charge in [-0.05, 0) is 19.8 Å². The van der Waals surface area contributed by atoms with Gasteiger partial charge in [-0.1, -0.05) is 0 Å². The number of sulfonamides is 1. The summed E-state index contributed by atoms with van der Waals surface area (Å²) in [6.07, 6.45) is 1.20. The number of hydrogen-bond donors (Lipinski definition) is 2. The van der Waals surface area contributed by atoms with E-state index in [1.54, 1.807) is 6.92 Å². The van der Waals surface area contributed by atoms with Crippen molar-refractivity contribution in [2.75, 3.05) is 0 Å². The number of aliphatic carboxylic acids is 1. The second-order valence-corrected chi connectivity index (χ2v) is 5.35. The molecular weight excluding hydrogens is 194 g/mol. The molecule has 0 amide bonds. The predicted molar refractivity (Wildman–Crippen MR) is 46.8 cm³/mol. The molecule has 1 unspecified atom stereocenters. The lowest BCUT2D eigenvalue weighted by molar-refractivity contribution is -0.137. The molecular formula is C7H13NO4S. The molecule has 0 bridgehead atoms. The Bertz CT molecular complexity index is 294. The van der Waals surface area contributed by atoms with Crippen LogP contribution in [0.2, 0.25) is 0 Å². The van der Waals surface area contributed by atoms with Gasteiger partial charge in [0.05, 0.1) is 11.7 Å². The van der Waals surface area contributed by atoms with Crippen LogP contribution in [0.4, 0.5) is 0 Å². The van der Waals surface area contributed by atoms with Crippen molar-refractivity contribution in [1.82, 2.24) is 4.72 Å². The minimum absolute atomic E-state index is 0.175. The summed E-state index contributed by atoms with van der Waals surface area (Å²) in [6, 6.07) is -0.525. The molecule has 0 heterocycles. The zero-order valence-electron chi connectivity index (χ0n) is 7.36. The number of carboxylic acid groups (broad SMARTS) is 1. The zero-order valence-corrected chi connectivity index (χ0v) is 8.17. The number of carbonyl (C=O) groups is 1. The fourth-order valence-electron chi connectivity index (χ4n) is 1.06. The first kappa shape index (κ1) is 10.5. The Kier molecular flexibility index (Phi) is 2.92. The van der Waals surface area contributed by atoms with E-state index in [0.717, 1.165) is 0 Å². The van der Waals surface area contributed by atoms with Crippen LogP contribution in [0.25, 0.3) is 0 Å². The van der Waals surface area contributed by atoms with E-state index in [4.69, 9.17) is 5.11 Å². The Morgan fingerprint density at radius 3 is 2.54 bits per heavy atom. The first-order chi connectivity index (χ1) is 5.92. The van der Waals surface area contributed by atoms with Crippen molar-refractivity contribution in [1.29, 1.82) is 0 Å². The number of carboxylic acids is 1. The maximum absolute atomic E-state index is 11.3. The van der Waals surface area contributed by atoms with E-state index in [-0.39, 0.29) is 11.7 Å². The molecule has 0 radical (unpaired) electrons. The van der Waals surface area contributed by atoms with Gasteiger partial charge in [-0.3, -0.25) is 4.79 Å². The highest BCUT2D eigenvalue weighted by atomic mass is 32.2. The van der Waals surface area contributed by atoms with E-state index >= 15 is 0 Å². The maximum atomic E-state index is 11.3. The molecule has 0 saturated heterocycles. The maximum Gasteiger partial charge on any atom is 0.304 e. The van der Waals surface area contributed by atoms with Gasteiger partial charge >= 0.3 is 5.97 Å². The lowest BCUT2D eigenvalue weighted by Gasteiger charge is -2.10. The molecule has 0 aromatic rings. The van der Waals surface area contributed by atoms with Crippen molar-refractivity contribution >= 4 is 16.0 Å². The monoisotopic (exact) mass is 207 g/mol. The summed E-state index contributed by atoms with van der Waals surface area (Å²) in [4.78, 5) is 10.2. The van der Waals surface area contributed by atoms with Crippen LogP contribution >= 0.6 is 0 Å². The van der Waals surface area contributed by atoms with Crippen LogP contribution in [0, 0.1) is 0 Å². The number of rotatable bonds is 5. The summed E-state index contributed by atoms with van der Waals surface area (Å²) < 4.78 is 24.9. The van der Waals surface area contributed by atoms with Crippen molar-refractivity contribution < 1.29 is 18.3 Å². The molecule has 76 valence electrons. The second kappa shape index (κ2) is 3.63. The minimum Gasteiger partial charge on any atom is -0.481 e. The molecule has 1 aliphatic carbocycles. The van der Waals surface area contributed by atoms with Gasteiger partial charge in [0.15, 0.2) is 0 Å². The van der Waals surface area contributed by atoms with Gasteiger partial charge in [0.1, 0.15) is 0 Å². The van der Waals surface area contributed by atoms with Crippen LogP contribution in [0.15, 0.2) is 0 Å². The molecule has 1 aliphatic rings. The van der Waals surface area contributed by atoms with Gasteiger partial charge < -0.3 is 5.11 Å². The van der Waals surface area contributed by atoms with E-state index in [2.05, 4.69) is 4.72 Å². The third-order valence-corrected chi connectivity index (χ3v) is 3.89. The topological polar surface area (TPSA) is 83.5 Å². The Morgan fingerprint density at radius 2 is 2.15 bits per heavy atom. The Balaban J connectivity index is 2.43. The van der Waals surface area contributed by atoms with Gasteiger partial charge in [-0.25, -0.2) is 13.1 Å². The first-order valence-corrected chi connectivity index (χ1v) is 5.69. The average Bonchev–Trinajstić information content (AvgIpc) is 2.60. The summed E-state index contributed by atoms with van der Waals surface area (Å²) in [6.45, 7) is 1.55. The van der Waals surface area contributed by atoms with Gasteiger partial charge in [-0.15, -0.1) is 0 Å². The summed E-state index contributed by atoms with van der Waals surface area (Å²) in [5.74, 6) is -0.994. The summed E-state index contributed by atoms with van der Waals surface area (Å²) >= 11 is 0. The van der Waals surface area contributed by atoms with E-state index < -0.39 is 22.0 Å². The fourth-order valence-corrected chi connectivity index (χ4v) is 2.65. The predicted octanol–water partition coefficient (Wildman–Crippen LogP) is -0.0686. The number of nitrogens with one attached hydrogen (secondary N) is 1. The molecule has 6 heteroatoms. The molecule has 0 aromatic heterocycles. The third-order valence-electron chi connectivity index (χ3n) is 1.81. The van der Waals surface area contributed by atoms with Crippen LogP contribution in [-0.4, -0.2) is 30.8 Å². The molecule has 1 atom stereocenters. The molecule has 5 nitrogen and oxygen atoms in total. The molecule has 0 aromatic carbocycles. The highest BCUT2D eigenvalue weighted by Gasteiger charge is 2.36. The Hall–Kier alpha value is -0.620. The second-order valence-electron chi connectivity index (χ2n) is 3.36. The van der Waals surface area contributed by atoms with Crippen LogP contribution in [0.3, 0.4) is 0 Å². The van der Waals surface area contributed by atoms with Crippen molar-refractivity contribution in [3.8, 4) is 0 Å². The van der Waals surface area contributed by atoms with Crippen LogP contribution in [0.5, 0.6) is 0 Å². The average molecular weight is 207 g/mol. The quantitative estimate of drug-likeness (QED) is 0.661. The minimum atomic E-state index is -3.25. The van der Waals surface area contributed by atoms with Gasteiger partial charge in [0, 0.05) is 6.04 Å². The van der Waals surface area contributed by atoms with E-state index in [9.17, 15) is 13.2 Å². The van der Waals surface area contributed by atoms with Crippen molar-refractivity contribution in [2.45, 2.75) is 37.5 Å². The Morgan fingerprint density at radius 1 is 1.62 bits per heavy atom. The van der Waals surface area contributed by atoms with Gasteiger partial charge in [0.2, 0.25) is 10.0 Å². The first-order valence-electron chi connectivity index (χ1n) is 4.15. The molecule has 1 saturated carbocycles. The van der Waals surface area contributed by atoms with Crippen molar-refractivity contribution in [3.63, 3.8) is 0 Å². The Labute approximate surface area is 77.2 Å². The van der Waals surface area contributed by atoms with Crippen LogP contribution < -0.4 is 4.72 Å². The molecule has 2 N–H and O–H groups in total. The van der Waals surface area contributed by atoms with E-state index in [1.165, 1.54) is 0 Å². The molecule has 0 aliphatic heterocycles. The molecule has 1 rings (SSSR count). The van der Waals surface area contributed by atoms with E-state index in [1.807, 2.05) is 0 Å². The third kappa shape index (κ3) is 3.31. The fraction of sp³-hybridized carbons (Fsp3) is 0.857. The highest BCUT2D eigenvalue weighted by molar-refractivity contribution is 7.90. The van der Waals surface area contributed by atoms with Crippen LogP contribution in [0.1, 0.15) is 26.2 Å². The zero-order chi connectivity index (χ0) is 10.1. The van der Waals surface area contributed by atoms with Crippen molar-refractivity contribution in [2.24, 2.45) is 0 Å². The van der Waals surface area contributed by atoms with E-state index in [0.29, 0.717) is 12.8 Å². The van der Waals surface area contributed by atoms with Crippen molar-refractivity contribution in [3.05, 3.63) is 0 Å². The van der Waals surface area contributed by atoms with Gasteiger partial charge in [0.25, 0.3) is 0 Å². The smallest absolute Gasteiger partial charge is 0.304 e. The molecule has 0 spiro atoms. The molecule has 13 heavy (non-hydrogen) atoms. The SMILES string of the molecule is CC(CC(=O)O)NS(=O)(=O)C1CC1.